The Kier molecular flexibility index (Phi) is 8.05. The second-order valence-electron chi connectivity index (χ2n) is 6.58. The highest BCUT2D eigenvalue weighted by molar-refractivity contribution is 8.00. The highest BCUT2D eigenvalue weighted by Crippen LogP contribution is 2.30. The summed E-state index contributed by atoms with van der Waals surface area (Å²) in [5, 5.41) is 24.2. The minimum atomic E-state index is -0.271. The normalized spacial score (nSPS) is 11.2. The summed E-state index contributed by atoms with van der Waals surface area (Å²) in [6.45, 7) is 1.84. The zero-order valence-electron chi connectivity index (χ0n) is 17.6. The molecule has 0 saturated heterocycles. The van der Waals surface area contributed by atoms with Crippen LogP contribution in [0.25, 0.3) is 0 Å². The van der Waals surface area contributed by atoms with Crippen LogP contribution in [0.3, 0.4) is 0 Å². The van der Waals surface area contributed by atoms with Gasteiger partial charge in [-0.2, -0.15) is 5.10 Å². The van der Waals surface area contributed by atoms with Gasteiger partial charge in [-0.15, -0.1) is 20.4 Å². The van der Waals surface area contributed by atoms with E-state index in [1.165, 1.54) is 34.0 Å². The van der Waals surface area contributed by atoms with E-state index in [2.05, 4.69) is 36.2 Å². The Hall–Kier alpha value is -3.07. The molecule has 0 aliphatic heterocycles. The van der Waals surface area contributed by atoms with Gasteiger partial charge in [-0.25, -0.2) is 10.1 Å². The molecule has 4 N–H and O–H groups in total. The van der Waals surface area contributed by atoms with Crippen molar-refractivity contribution in [1.29, 1.82) is 0 Å². The van der Waals surface area contributed by atoms with Crippen LogP contribution in [0.5, 0.6) is 0 Å². The number of aryl methyl sites for hydroxylation is 1. The molecule has 3 heterocycles. The quantitative estimate of drug-likeness (QED) is 0.0897. The number of hydrazone groups is 1. The molecule has 4 aromatic rings. The van der Waals surface area contributed by atoms with E-state index in [-0.39, 0.29) is 17.6 Å². The molecule has 15 heteroatoms. The van der Waals surface area contributed by atoms with Gasteiger partial charge in [0.15, 0.2) is 4.34 Å². The van der Waals surface area contributed by atoms with Gasteiger partial charge < -0.3 is 10.3 Å². The first-order valence-corrected chi connectivity index (χ1v) is 12.8. The number of carbonyl (C=O) groups excluding carboxylic acids is 1. The van der Waals surface area contributed by atoms with Gasteiger partial charge in [-0.1, -0.05) is 64.7 Å². The minimum absolute atomic E-state index is 0.0615. The molecule has 0 spiro atoms. The van der Waals surface area contributed by atoms with E-state index >= 15 is 0 Å². The van der Waals surface area contributed by atoms with Crippen LogP contribution in [0.2, 0.25) is 5.02 Å². The van der Waals surface area contributed by atoms with Crippen LogP contribution in [0, 0.1) is 6.92 Å². The fourth-order valence-corrected chi connectivity index (χ4v) is 5.20. The van der Waals surface area contributed by atoms with E-state index in [1.54, 1.807) is 6.07 Å². The molecule has 0 saturated carbocycles. The van der Waals surface area contributed by atoms with Crippen LogP contribution in [0.1, 0.15) is 17.1 Å². The van der Waals surface area contributed by atoms with Crippen molar-refractivity contribution in [1.82, 2.24) is 25.1 Å². The number of rotatable bonds is 10. The van der Waals surface area contributed by atoms with E-state index in [1.807, 2.05) is 37.3 Å². The van der Waals surface area contributed by atoms with Gasteiger partial charge >= 0.3 is 0 Å². The molecule has 4 rings (SSSR count). The summed E-state index contributed by atoms with van der Waals surface area (Å²) in [5.41, 5.74) is 3.69. The summed E-state index contributed by atoms with van der Waals surface area (Å²) in [6, 6.07) is 11.2. The van der Waals surface area contributed by atoms with Gasteiger partial charge in [-0.05, 0) is 30.7 Å². The van der Waals surface area contributed by atoms with Crippen molar-refractivity contribution in [2.24, 2.45) is 5.10 Å². The molecule has 0 bridgehead atoms. The highest BCUT2D eigenvalue weighted by atomic mass is 35.5. The second kappa shape index (κ2) is 11.4. The molecule has 3 aromatic heterocycles. The number of hydrogen-bond acceptors (Lipinski definition) is 12. The maximum absolute atomic E-state index is 12.3. The lowest BCUT2D eigenvalue weighted by Crippen LogP contribution is -2.16. The highest BCUT2D eigenvalue weighted by Gasteiger charge is 2.14. The first kappa shape index (κ1) is 24.1. The third kappa shape index (κ3) is 6.50. The zero-order chi connectivity index (χ0) is 23.9. The number of nitrogen functional groups attached to an aromatic ring is 1. The Balaban J connectivity index is 1.23. The van der Waals surface area contributed by atoms with Gasteiger partial charge in [0, 0.05) is 10.8 Å². The lowest BCUT2D eigenvalue weighted by atomic mass is 10.2. The molecule has 176 valence electrons. The number of nitrogens with zero attached hydrogens (tertiary/aromatic N) is 6. The average molecular weight is 536 g/mol. The van der Waals surface area contributed by atoms with Crippen molar-refractivity contribution < 1.29 is 9.21 Å². The summed E-state index contributed by atoms with van der Waals surface area (Å²) in [6.07, 6.45) is 1.49. The SMILES string of the molecule is Cc1ccc(/C=N/Nc2nnc(SCC(=O)Nc3nnc(SCc4ccccc4Cl)s3)n2N)o1. The zero-order valence-corrected chi connectivity index (χ0v) is 20.8. The summed E-state index contributed by atoms with van der Waals surface area (Å²) in [4.78, 5) is 12.3. The number of furan rings is 1. The number of nitrogens with one attached hydrogen (secondary N) is 2. The lowest BCUT2D eigenvalue weighted by Gasteiger charge is -2.03. The Bertz CT molecular complexity index is 1300. The molecule has 0 fully saturated rings. The fourth-order valence-electron chi connectivity index (χ4n) is 2.49. The van der Waals surface area contributed by atoms with Gasteiger partial charge in [0.1, 0.15) is 11.5 Å². The summed E-state index contributed by atoms with van der Waals surface area (Å²) in [5.74, 6) is 7.99. The second-order valence-corrected chi connectivity index (χ2v) is 10.1. The summed E-state index contributed by atoms with van der Waals surface area (Å²) < 4.78 is 7.32. The summed E-state index contributed by atoms with van der Waals surface area (Å²) >= 11 is 10.1. The van der Waals surface area contributed by atoms with Gasteiger partial charge in [0.05, 0.1) is 12.0 Å². The van der Waals surface area contributed by atoms with Gasteiger partial charge in [0.2, 0.25) is 16.2 Å². The van der Waals surface area contributed by atoms with Gasteiger partial charge in [-0.3, -0.25) is 10.1 Å². The van der Waals surface area contributed by atoms with E-state index in [0.29, 0.717) is 26.8 Å². The number of thioether (sulfide) groups is 2. The number of benzene rings is 1. The minimum Gasteiger partial charge on any atom is -0.460 e. The van der Waals surface area contributed by atoms with Crippen molar-refractivity contribution in [3.63, 3.8) is 0 Å². The molecule has 0 radical (unpaired) electrons. The molecule has 1 amide bonds. The molecule has 0 aliphatic carbocycles. The van der Waals surface area contributed by atoms with E-state index < -0.39 is 0 Å². The van der Waals surface area contributed by atoms with Crippen molar-refractivity contribution in [3.8, 4) is 0 Å². The van der Waals surface area contributed by atoms with Crippen molar-refractivity contribution in [3.05, 3.63) is 58.5 Å². The number of aromatic nitrogens is 5. The number of hydrogen-bond donors (Lipinski definition) is 3. The Morgan fingerprint density at radius 1 is 1.24 bits per heavy atom. The van der Waals surface area contributed by atoms with Crippen LogP contribution in [0.15, 0.2) is 55.4 Å². The predicted octanol–water partition coefficient (Wildman–Crippen LogP) is 3.87. The molecule has 0 atom stereocenters. The maximum Gasteiger partial charge on any atom is 0.264 e. The molecule has 11 nitrogen and oxygen atoms in total. The van der Waals surface area contributed by atoms with Gasteiger partial charge in [0.25, 0.3) is 5.95 Å². The molecule has 0 aliphatic rings. The van der Waals surface area contributed by atoms with Crippen LogP contribution in [-0.2, 0) is 10.5 Å². The number of nitrogens with two attached hydrogens (primary N) is 1. The Morgan fingerprint density at radius 3 is 2.88 bits per heavy atom. The third-order valence-electron chi connectivity index (χ3n) is 4.08. The van der Waals surface area contributed by atoms with Crippen molar-refractivity contribution in [2.45, 2.75) is 22.2 Å². The largest absolute Gasteiger partial charge is 0.460 e. The predicted molar refractivity (Wildman–Crippen MR) is 135 cm³/mol. The first-order valence-electron chi connectivity index (χ1n) is 9.66. The van der Waals surface area contributed by atoms with E-state index in [9.17, 15) is 4.79 Å². The third-order valence-corrected chi connectivity index (χ3v) is 7.41. The number of amides is 1. The molecular weight excluding hydrogens is 518 g/mol. The first-order chi connectivity index (χ1) is 16.5. The van der Waals surface area contributed by atoms with Crippen LogP contribution >= 0.6 is 46.5 Å². The Labute approximate surface area is 211 Å². The lowest BCUT2D eigenvalue weighted by molar-refractivity contribution is -0.113. The number of anilines is 2. The summed E-state index contributed by atoms with van der Waals surface area (Å²) in [7, 11) is 0. The molecule has 0 unspecified atom stereocenters. The fraction of sp³-hybridized carbons (Fsp3) is 0.158. The number of carbonyl (C=O) groups is 1. The average Bonchev–Trinajstić information content (AvgIpc) is 3.53. The smallest absolute Gasteiger partial charge is 0.264 e. The standard InChI is InChI=1S/C19H18ClN9O2S3/c1-11-6-7-13(31-11)8-22-24-16-25-27-18(29(16)21)32-10-15(30)23-17-26-28-19(34-17)33-9-12-4-2-3-5-14(12)20/h2-8H,9-10,21H2,1H3,(H,24,25)(H,23,26,30)/b22-8+. The van der Waals surface area contributed by atoms with Crippen molar-refractivity contribution >= 4 is 69.7 Å². The van der Waals surface area contributed by atoms with Crippen molar-refractivity contribution in [2.75, 3.05) is 22.3 Å². The number of halogens is 1. The van der Waals surface area contributed by atoms with Crippen LogP contribution in [0.4, 0.5) is 11.1 Å². The van der Waals surface area contributed by atoms with Crippen LogP contribution in [-0.4, -0.2) is 42.9 Å². The monoisotopic (exact) mass is 535 g/mol. The van der Waals surface area contributed by atoms with Crippen LogP contribution < -0.4 is 16.6 Å². The molecular formula is C19H18ClN9O2S3. The molecule has 34 heavy (non-hydrogen) atoms. The van der Waals surface area contributed by atoms with E-state index in [0.717, 1.165) is 27.4 Å². The Morgan fingerprint density at radius 2 is 2.09 bits per heavy atom. The van der Waals surface area contributed by atoms with E-state index in [4.69, 9.17) is 21.9 Å². The molecule has 1 aromatic carbocycles. The topological polar surface area (TPSA) is 149 Å². The maximum atomic E-state index is 12.3.